The first-order valence-corrected chi connectivity index (χ1v) is 4.67. The molecule has 0 aliphatic carbocycles. The predicted octanol–water partition coefficient (Wildman–Crippen LogP) is 1.77. The number of carboxylic acids is 1. The summed E-state index contributed by atoms with van der Waals surface area (Å²) in [7, 11) is 0. The van der Waals surface area contributed by atoms with Crippen LogP contribution in [0.25, 0.3) is 0 Å². The van der Waals surface area contributed by atoms with Crippen molar-refractivity contribution in [1.82, 2.24) is 0 Å². The second-order valence-electron chi connectivity index (χ2n) is 3.54. The summed E-state index contributed by atoms with van der Waals surface area (Å²) in [6, 6.07) is 0. The van der Waals surface area contributed by atoms with E-state index in [0.717, 1.165) is 6.08 Å². The molecule has 0 saturated carbocycles. The summed E-state index contributed by atoms with van der Waals surface area (Å²) in [5, 5.41) is 8.31. The maximum Gasteiger partial charge on any atom is 0.333 e. The highest BCUT2D eigenvalue weighted by Gasteiger charge is 2.07. The molecule has 0 heterocycles. The van der Waals surface area contributed by atoms with Gasteiger partial charge in [-0.05, 0) is 12.3 Å². The Balaban J connectivity index is 3.90. The Hall–Kier alpha value is -1.58. The Kier molecular flexibility index (Phi) is 6.09. The lowest BCUT2D eigenvalue weighted by Crippen LogP contribution is -2.11. The van der Waals surface area contributed by atoms with Gasteiger partial charge >= 0.3 is 11.9 Å². The van der Waals surface area contributed by atoms with Gasteiger partial charge < -0.3 is 9.84 Å². The molecule has 0 saturated heterocycles. The molecule has 0 unspecified atom stereocenters. The Morgan fingerprint density at radius 3 is 2.53 bits per heavy atom. The van der Waals surface area contributed by atoms with Crippen LogP contribution in [0.15, 0.2) is 24.3 Å². The summed E-state index contributed by atoms with van der Waals surface area (Å²) in [6.07, 6.45) is 2.53. The smallest absolute Gasteiger partial charge is 0.333 e. The van der Waals surface area contributed by atoms with E-state index in [1.54, 1.807) is 0 Å². The summed E-state index contributed by atoms with van der Waals surface area (Å²) in [6.45, 7) is 7.72. The molecule has 0 aliphatic rings. The van der Waals surface area contributed by atoms with Crippen molar-refractivity contribution in [1.29, 1.82) is 0 Å². The van der Waals surface area contributed by atoms with Crippen molar-refractivity contribution in [3.05, 3.63) is 24.3 Å². The normalized spacial score (nSPS) is 10.6. The fraction of sp³-hybridized carbons (Fsp3) is 0.455. The van der Waals surface area contributed by atoms with Gasteiger partial charge in [-0.2, -0.15) is 0 Å². The van der Waals surface area contributed by atoms with E-state index in [4.69, 9.17) is 9.84 Å². The van der Waals surface area contributed by atoms with E-state index >= 15 is 0 Å². The van der Waals surface area contributed by atoms with E-state index in [1.165, 1.54) is 6.08 Å². The van der Waals surface area contributed by atoms with Gasteiger partial charge in [-0.25, -0.2) is 9.59 Å². The van der Waals surface area contributed by atoms with Crippen LogP contribution < -0.4 is 0 Å². The highest BCUT2D eigenvalue weighted by Crippen LogP contribution is 2.04. The third-order valence-corrected chi connectivity index (χ3v) is 1.46. The van der Waals surface area contributed by atoms with Crippen molar-refractivity contribution < 1.29 is 19.4 Å². The maximum absolute atomic E-state index is 11.2. The van der Waals surface area contributed by atoms with E-state index in [0.29, 0.717) is 6.61 Å². The molecule has 0 aliphatic heterocycles. The number of carboxylic acid groups (broad SMARTS) is 1. The largest absolute Gasteiger partial charge is 0.478 e. The molecule has 15 heavy (non-hydrogen) atoms. The predicted molar refractivity (Wildman–Crippen MR) is 56.3 cm³/mol. The second-order valence-corrected chi connectivity index (χ2v) is 3.54. The van der Waals surface area contributed by atoms with Crippen LogP contribution in [0.2, 0.25) is 0 Å². The Morgan fingerprint density at radius 1 is 1.47 bits per heavy atom. The minimum atomic E-state index is -1.04. The zero-order valence-corrected chi connectivity index (χ0v) is 9.03. The number of carbonyl (C=O) groups excluding carboxylic acids is 1. The van der Waals surface area contributed by atoms with Crippen LogP contribution in [0.1, 0.15) is 20.3 Å². The Morgan fingerprint density at radius 2 is 2.07 bits per heavy atom. The number of aliphatic carboxylic acids is 1. The van der Waals surface area contributed by atoms with Crippen LogP contribution in [0.5, 0.6) is 0 Å². The summed E-state index contributed by atoms with van der Waals surface area (Å²) in [5.41, 5.74) is 0.258. The highest BCUT2D eigenvalue weighted by molar-refractivity contribution is 5.88. The third kappa shape index (κ3) is 7.49. The van der Waals surface area contributed by atoms with Crippen LogP contribution in [-0.4, -0.2) is 23.7 Å². The lowest BCUT2D eigenvalue weighted by molar-refractivity contribution is -0.140. The monoisotopic (exact) mass is 212 g/mol. The highest BCUT2D eigenvalue weighted by atomic mass is 16.5. The lowest BCUT2D eigenvalue weighted by Gasteiger charge is -2.07. The number of allylic oxidation sites excluding steroid dienone is 1. The van der Waals surface area contributed by atoms with Gasteiger partial charge in [0.25, 0.3) is 0 Å². The molecule has 1 N–H and O–H groups in total. The fourth-order valence-electron chi connectivity index (χ4n) is 0.730. The second kappa shape index (κ2) is 6.81. The quantitative estimate of drug-likeness (QED) is 0.538. The summed E-state index contributed by atoms with van der Waals surface area (Å²) in [5.74, 6) is -1.24. The van der Waals surface area contributed by atoms with Crippen molar-refractivity contribution in [2.75, 3.05) is 6.61 Å². The van der Waals surface area contributed by atoms with Crippen molar-refractivity contribution in [3.8, 4) is 0 Å². The van der Waals surface area contributed by atoms with E-state index in [1.807, 2.05) is 13.8 Å². The first-order chi connectivity index (χ1) is 6.93. The van der Waals surface area contributed by atoms with Gasteiger partial charge in [0.1, 0.15) is 0 Å². The molecule has 0 amide bonds. The van der Waals surface area contributed by atoms with Gasteiger partial charge in [0.2, 0.25) is 0 Å². The maximum atomic E-state index is 11.2. The summed E-state index contributed by atoms with van der Waals surface area (Å²) < 4.78 is 4.90. The molecule has 0 fully saturated rings. The zero-order valence-electron chi connectivity index (χ0n) is 9.03. The topological polar surface area (TPSA) is 63.6 Å². The minimum absolute atomic E-state index is 0.198. The molecule has 4 nitrogen and oxygen atoms in total. The van der Waals surface area contributed by atoms with E-state index < -0.39 is 11.9 Å². The van der Waals surface area contributed by atoms with Crippen LogP contribution >= 0.6 is 0 Å². The number of rotatable bonds is 6. The molecule has 0 atom stereocenters. The molecule has 0 aromatic heterocycles. The molecule has 4 heteroatoms. The van der Waals surface area contributed by atoms with Crippen molar-refractivity contribution in [2.45, 2.75) is 20.3 Å². The number of hydrogen-bond donors (Lipinski definition) is 1. The van der Waals surface area contributed by atoms with Gasteiger partial charge in [0, 0.05) is 11.6 Å². The summed E-state index contributed by atoms with van der Waals surface area (Å²) >= 11 is 0. The van der Waals surface area contributed by atoms with Crippen molar-refractivity contribution in [2.24, 2.45) is 5.92 Å². The first-order valence-electron chi connectivity index (χ1n) is 4.67. The standard InChI is InChI=1S/C11H16O4/c1-8(2)7-15-11(14)9(3)5-4-6-10(12)13/h4,6,8H,3,5,7H2,1-2H3,(H,12,13). The molecular weight excluding hydrogens is 196 g/mol. The number of esters is 1. The zero-order chi connectivity index (χ0) is 11.8. The molecule has 0 radical (unpaired) electrons. The van der Waals surface area contributed by atoms with E-state index in [9.17, 15) is 9.59 Å². The minimum Gasteiger partial charge on any atom is -0.478 e. The van der Waals surface area contributed by atoms with E-state index in [2.05, 4.69) is 6.58 Å². The average Bonchev–Trinajstić information content (AvgIpc) is 2.13. The summed E-state index contributed by atoms with van der Waals surface area (Å²) in [4.78, 5) is 21.4. The molecular formula is C11H16O4. The van der Waals surface area contributed by atoms with Gasteiger partial charge in [0.05, 0.1) is 6.61 Å². The van der Waals surface area contributed by atoms with Crippen LogP contribution in [0, 0.1) is 5.92 Å². The molecule has 0 bridgehead atoms. The van der Waals surface area contributed by atoms with Crippen LogP contribution in [0.4, 0.5) is 0 Å². The number of hydrogen-bond acceptors (Lipinski definition) is 3. The molecule has 0 rings (SSSR count). The van der Waals surface area contributed by atoms with E-state index in [-0.39, 0.29) is 17.9 Å². The lowest BCUT2D eigenvalue weighted by atomic mass is 10.2. The SMILES string of the molecule is C=C(CC=CC(=O)O)C(=O)OCC(C)C. The van der Waals surface area contributed by atoms with Crippen molar-refractivity contribution in [3.63, 3.8) is 0 Å². The first kappa shape index (κ1) is 13.4. The average molecular weight is 212 g/mol. The fourth-order valence-corrected chi connectivity index (χ4v) is 0.730. The van der Waals surface area contributed by atoms with Gasteiger partial charge in [0.15, 0.2) is 0 Å². The third-order valence-electron chi connectivity index (χ3n) is 1.46. The van der Waals surface area contributed by atoms with Gasteiger partial charge in [-0.1, -0.05) is 26.5 Å². The van der Waals surface area contributed by atoms with Gasteiger partial charge in [-0.3, -0.25) is 0 Å². The molecule has 0 spiro atoms. The van der Waals surface area contributed by atoms with Gasteiger partial charge in [-0.15, -0.1) is 0 Å². The Bertz CT molecular complexity index is 276. The molecule has 84 valence electrons. The molecule has 0 aromatic carbocycles. The van der Waals surface area contributed by atoms with Crippen molar-refractivity contribution >= 4 is 11.9 Å². The van der Waals surface area contributed by atoms with Crippen LogP contribution in [0.3, 0.4) is 0 Å². The molecule has 0 aromatic rings. The number of ether oxygens (including phenoxy) is 1. The Labute approximate surface area is 89.2 Å². The number of carbonyl (C=O) groups is 2. The van der Waals surface area contributed by atoms with Crippen LogP contribution in [-0.2, 0) is 14.3 Å².